The zero-order valence-corrected chi connectivity index (χ0v) is 7.69. The number of fused-ring (bicyclic) bond motifs is 1. The minimum absolute atomic E-state index is 0.314. The van der Waals surface area contributed by atoms with Crippen LogP contribution in [0.25, 0.3) is 10.9 Å². The molecule has 1 aliphatic rings. The van der Waals surface area contributed by atoms with E-state index >= 15 is 0 Å². The predicted octanol–water partition coefficient (Wildman–Crippen LogP) is 1.95. The van der Waals surface area contributed by atoms with Crippen molar-refractivity contribution in [1.29, 1.82) is 0 Å². The average molecular weight is 189 g/mol. The molecule has 0 unspecified atom stereocenters. The van der Waals surface area contributed by atoms with Gasteiger partial charge in [0.05, 0.1) is 6.61 Å². The van der Waals surface area contributed by atoms with Crippen LogP contribution in [0.15, 0.2) is 30.5 Å². The highest BCUT2D eigenvalue weighted by molar-refractivity contribution is 5.80. The topological polar surface area (TPSA) is 37.5 Å². The first kappa shape index (κ1) is 7.88. The van der Waals surface area contributed by atoms with Crippen LogP contribution in [0.1, 0.15) is 0 Å². The molecule has 3 nitrogen and oxygen atoms in total. The molecule has 1 atom stereocenters. The first-order valence-corrected chi connectivity index (χ1v) is 4.73. The molecule has 0 aliphatic carbocycles. The summed E-state index contributed by atoms with van der Waals surface area (Å²) < 4.78 is 10.6. The Hall–Kier alpha value is -1.48. The Bertz CT molecular complexity index is 445. The highest BCUT2D eigenvalue weighted by atomic mass is 16.6. The lowest BCUT2D eigenvalue weighted by atomic mass is 10.2. The lowest BCUT2D eigenvalue weighted by Crippen LogP contribution is -2.03. The van der Waals surface area contributed by atoms with Gasteiger partial charge in [-0.3, -0.25) is 0 Å². The summed E-state index contributed by atoms with van der Waals surface area (Å²) >= 11 is 0. The van der Waals surface area contributed by atoms with Crippen LogP contribution in [-0.4, -0.2) is 24.3 Å². The fourth-order valence-electron chi connectivity index (χ4n) is 1.47. The van der Waals surface area contributed by atoms with Gasteiger partial charge in [0.1, 0.15) is 18.5 Å². The van der Waals surface area contributed by atoms with Gasteiger partial charge in [-0.1, -0.05) is 0 Å². The summed E-state index contributed by atoms with van der Waals surface area (Å²) in [7, 11) is 0. The van der Waals surface area contributed by atoms with Gasteiger partial charge in [0, 0.05) is 17.8 Å². The van der Waals surface area contributed by atoms with Gasteiger partial charge in [0.25, 0.3) is 0 Å². The van der Waals surface area contributed by atoms with Crippen LogP contribution in [0, 0.1) is 0 Å². The van der Waals surface area contributed by atoms with E-state index in [9.17, 15) is 0 Å². The summed E-state index contributed by atoms with van der Waals surface area (Å²) in [6.07, 6.45) is 2.24. The molecule has 0 radical (unpaired) electrons. The molecule has 2 heterocycles. The minimum atomic E-state index is 0.314. The second-order valence-electron chi connectivity index (χ2n) is 3.49. The molecule has 1 aromatic carbocycles. The summed E-state index contributed by atoms with van der Waals surface area (Å²) in [5, 5.41) is 1.21. The lowest BCUT2D eigenvalue weighted by molar-refractivity contribution is 0.263. The smallest absolute Gasteiger partial charge is 0.121 e. The number of rotatable bonds is 3. The van der Waals surface area contributed by atoms with Gasteiger partial charge in [0.15, 0.2) is 0 Å². The maximum Gasteiger partial charge on any atom is 0.121 e. The van der Waals surface area contributed by atoms with Crippen molar-refractivity contribution in [3.05, 3.63) is 30.5 Å². The van der Waals surface area contributed by atoms with Crippen LogP contribution in [0.4, 0.5) is 0 Å². The third-order valence-corrected chi connectivity index (χ3v) is 2.36. The van der Waals surface area contributed by atoms with Gasteiger partial charge in [-0.15, -0.1) is 0 Å². The largest absolute Gasteiger partial charge is 0.491 e. The first-order valence-electron chi connectivity index (χ1n) is 4.73. The van der Waals surface area contributed by atoms with E-state index in [1.165, 1.54) is 5.39 Å². The minimum Gasteiger partial charge on any atom is -0.491 e. The molecule has 3 heteroatoms. The second kappa shape index (κ2) is 3.03. The summed E-state index contributed by atoms with van der Waals surface area (Å²) in [4.78, 5) is 3.15. The number of ether oxygens (including phenoxy) is 2. The Balaban J connectivity index is 1.81. The van der Waals surface area contributed by atoms with Crippen molar-refractivity contribution in [2.24, 2.45) is 0 Å². The summed E-state index contributed by atoms with van der Waals surface area (Å²) in [5.74, 6) is 0.899. The molecule has 1 saturated heterocycles. The van der Waals surface area contributed by atoms with E-state index in [1.807, 2.05) is 24.4 Å². The van der Waals surface area contributed by atoms with E-state index in [-0.39, 0.29) is 0 Å². The van der Waals surface area contributed by atoms with Crippen LogP contribution in [0.2, 0.25) is 0 Å². The molecular formula is C11H11NO2. The number of epoxide rings is 1. The molecule has 0 spiro atoms. The monoisotopic (exact) mass is 189 g/mol. The van der Waals surface area contributed by atoms with Crippen LogP contribution < -0.4 is 4.74 Å². The highest BCUT2D eigenvalue weighted by Gasteiger charge is 2.22. The standard InChI is InChI=1S/C11H11NO2/c1-2-9(13-6-10-7-14-10)5-11-8(1)3-4-12-11/h1-5,10,12H,6-7H2/t10-/m0/s1. The molecule has 3 rings (SSSR count). The maximum atomic E-state index is 5.56. The van der Waals surface area contributed by atoms with Gasteiger partial charge in [-0.25, -0.2) is 0 Å². The molecule has 0 amide bonds. The molecule has 1 N–H and O–H groups in total. The SMILES string of the molecule is c1cc2ccc(OC[C@H]3CO3)cc2[nH]1. The van der Waals surface area contributed by atoms with Crippen molar-refractivity contribution in [2.75, 3.05) is 13.2 Å². The number of hydrogen-bond donors (Lipinski definition) is 1. The van der Waals surface area contributed by atoms with E-state index in [0.717, 1.165) is 17.9 Å². The summed E-state index contributed by atoms with van der Waals surface area (Å²) in [5.41, 5.74) is 1.11. The molecule has 2 aromatic rings. The third kappa shape index (κ3) is 1.46. The Morgan fingerprint density at radius 1 is 1.43 bits per heavy atom. The van der Waals surface area contributed by atoms with Crippen LogP contribution >= 0.6 is 0 Å². The lowest BCUT2D eigenvalue weighted by Gasteiger charge is -2.03. The third-order valence-electron chi connectivity index (χ3n) is 2.36. The van der Waals surface area contributed by atoms with Crippen molar-refractivity contribution in [1.82, 2.24) is 4.98 Å². The van der Waals surface area contributed by atoms with Gasteiger partial charge in [0.2, 0.25) is 0 Å². The fraction of sp³-hybridized carbons (Fsp3) is 0.273. The fourth-order valence-corrected chi connectivity index (χ4v) is 1.47. The number of benzene rings is 1. The molecule has 72 valence electrons. The Labute approximate surface area is 81.6 Å². The van der Waals surface area contributed by atoms with Gasteiger partial charge in [-0.2, -0.15) is 0 Å². The van der Waals surface area contributed by atoms with Gasteiger partial charge < -0.3 is 14.5 Å². The van der Waals surface area contributed by atoms with Gasteiger partial charge >= 0.3 is 0 Å². The number of hydrogen-bond acceptors (Lipinski definition) is 2. The van der Waals surface area contributed by atoms with Gasteiger partial charge in [-0.05, 0) is 23.6 Å². The van der Waals surface area contributed by atoms with Crippen molar-refractivity contribution < 1.29 is 9.47 Å². The Morgan fingerprint density at radius 2 is 2.36 bits per heavy atom. The Kier molecular flexibility index (Phi) is 1.70. The molecule has 0 saturated carbocycles. The average Bonchev–Trinajstić information content (AvgIpc) is 2.92. The van der Waals surface area contributed by atoms with E-state index in [1.54, 1.807) is 0 Å². The molecule has 1 aromatic heterocycles. The number of aromatic amines is 1. The molecule has 14 heavy (non-hydrogen) atoms. The summed E-state index contributed by atoms with van der Waals surface area (Å²) in [6, 6.07) is 8.09. The van der Waals surface area contributed by atoms with Crippen molar-refractivity contribution >= 4 is 10.9 Å². The van der Waals surface area contributed by atoms with Crippen LogP contribution in [0.3, 0.4) is 0 Å². The number of nitrogens with one attached hydrogen (secondary N) is 1. The van der Waals surface area contributed by atoms with Crippen molar-refractivity contribution in [3.63, 3.8) is 0 Å². The zero-order valence-electron chi connectivity index (χ0n) is 7.69. The summed E-state index contributed by atoms with van der Waals surface area (Å²) in [6.45, 7) is 1.50. The van der Waals surface area contributed by atoms with E-state index in [2.05, 4.69) is 11.1 Å². The van der Waals surface area contributed by atoms with E-state index in [4.69, 9.17) is 9.47 Å². The van der Waals surface area contributed by atoms with Crippen molar-refractivity contribution in [3.8, 4) is 5.75 Å². The molecule has 1 fully saturated rings. The highest BCUT2D eigenvalue weighted by Crippen LogP contribution is 2.20. The predicted molar refractivity (Wildman–Crippen MR) is 53.5 cm³/mol. The van der Waals surface area contributed by atoms with Crippen LogP contribution in [0.5, 0.6) is 5.75 Å². The van der Waals surface area contributed by atoms with E-state index < -0.39 is 0 Å². The number of aromatic nitrogens is 1. The van der Waals surface area contributed by atoms with E-state index in [0.29, 0.717) is 12.7 Å². The van der Waals surface area contributed by atoms with Crippen LogP contribution in [-0.2, 0) is 4.74 Å². The normalized spacial score (nSPS) is 19.9. The second-order valence-corrected chi connectivity index (χ2v) is 3.49. The molecule has 1 aliphatic heterocycles. The molecular weight excluding hydrogens is 178 g/mol. The Morgan fingerprint density at radius 3 is 3.21 bits per heavy atom. The van der Waals surface area contributed by atoms with Crippen molar-refractivity contribution in [2.45, 2.75) is 6.10 Å². The first-order chi connectivity index (χ1) is 6.92. The number of H-pyrrole nitrogens is 1. The molecule has 0 bridgehead atoms. The maximum absolute atomic E-state index is 5.56. The quantitative estimate of drug-likeness (QED) is 0.749. The zero-order chi connectivity index (χ0) is 9.38.